The van der Waals surface area contributed by atoms with E-state index in [1.54, 1.807) is 23.1 Å². The molecule has 3 rings (SSSR count). The van der Waals surface area contributed by atoms with E-state index in [1.165, 1.54) is 24.3 Å². The van der Waals surface area contributed by atoms with Gasteiger partial charge in [0.1, 0.15) is 5.82 Å². The molecule has 7 heteroatoms. The summed E-state index contributed by atoms with van der Waals surface area (Å²) in [5.74, 6) is -0.329. The first-order valence-electron chi connectivity index (χ1n) is 6.55. The molecule has 0 bridgehead atoms. The minimum Gasteiger partial charge on any atom is -0.247 e. The summed E-state index contributed by atoms with van der Waals surface area (Å²) >= 11 is 0. The molecule has 0 fully saturated rings. The maximum atomic E-state index is 12.9. The normalized spacial score (nSPS) is 17.6. The monoisotopic (exact) mass is 338 g/mol. The van der Waals surface area contributed by atoms with Crippen LogP contribution < -0.4 is 0 Å². The molecule has 2 aromatic rings. The molecule has 23 heavy (non-hydrogen) atoms. The van der Waals surface area contributed by atoms with Gasteiger partial charge in [-0.1, -0.05) is 0 Å². The van der Waals surface area contributed by atoms with E-state index in [4.69, 9.17) is 0 Å². The van der Waals surface area contributed by atoms with Gasteiger partial charge in [0.05, 0.1) is 22.5 Å². The van der Waals surface area contributed by atoms with E-state index in [1.807, 2.05) is 0 Å². The Morgan fingerprint density at radius 3 is 2.17 bits per heavy atom. The number of hydrogen-bond acceptors (Lipinski definition) is 2. The first-order valence-corrected chi connectivity index (χ1v) is 7.85. The van der Waals surface area contributed by atoms with Gasteiger partial charge in [0.15, 0.2) is 0 Å². The minimum absolute atomic E-state index is 0.329. The molecule has 118 valence electrons. The summed E-state index contributed by atoms with van der Waals surface area (Å²) in [5, 5.41) is 1.80. The molecule has 0 saturated heterocycles. The van der Waals surface area contributed by atoms with Crippen LogP contribution in [0.4, 0.5) is 23.2 Å². The molecule has 2 aromatic carbocycles. The van der Waals surface area contributed by atoms with Crippen LogP contribution in [0.5, 0.6) is 0 Å². The molecule has 0 saturated carbocycles. The van der Waals surface area contributed by atoms with E-state index >= 15 is 0 Å². The van der Waals surface area contributed by atoms with Crippen molar-refractivity contribution in [2.45, 2.75) is 6.18 Å². The third kappa shape index (κ3) is 3.73. The van der Waals surface area contributed by atoms with Gasteiger partial charge in [-0.05, 0) is 59.2 Å². The Hall–Kier alpha value is -2.28. The zero-order valence-corrected chi connectivity index (χ0v) is 12.4. The van der Waals surface area contributed by atoms with Crippen LogP contribution in [0.2, 0.25) is 0 Å². The lowest BCUT2D eigenvalue weighted by Gasteiger charge is -2.05. The molecule has 2 nitrogen and oxygen atoms in total. The van der Waals surface area contributed by atoms with Crippen molar-refractivity contribution in [1.29, 1.82) is 0 Å². The molecule has 1 aliphatic rings. The number of halogens is 4. The van der Waals surface area contributed by atoms with Crippen LogP contribution >= 0.6 is 0 Å². The number of alkyl halides is 3. The molecule has 1 heterocycles. The molecule has 0 aromatic heterocycles. The van der Waals surface area contributed by atoms with Crippen molar-refractivity contribution in [3.8, 4) is 0 Å². The SMILES string of the molecule is Fc1ccc(C2=CS(=Nc3ccc(C(F)(F)F)cc3)C=N2)cc1. The predicted molar refractivity (Wildman–Crippen MR) is 83.8 cm³/mol. The Balaban J connectivity index is 1.82. The van der Waals surface area contributed by atoms with Gasteiger partial charge in [-0.3, -0.25) is 0 Å². The highest BCUT2D eigenvalue weighted by atomic mass is 32.2. The second-order valence-electron chi connectivity index (χ2n) is 4.73. The number of hydrogen-bond donors (Lipinski definition) is 0. The van der Waals surface area contributed by atoms with Gasteiger partial charge in [-0.2, -0.15) is 13.2 Å². The fourth-order valence-corrected chi connectivity index (χ4v) is 3.11. The smallest absolute Gasteiger partial charge is 0.247 e. The van der Waals surface area contributed by atoms with Gasteiger partial charge in [-0.25, -0.2) is 13.7 Å². The van der Waals surface area contributed by atoms with Crippen LogP contribution in [0.15, 0.2) is 63.3 Å². The second kappa shape index (κ2) is 6.08. The highest BCUT2D eigenvalue weighted by Gasteiger charge is 2.29. The lowest BCUT2D eigenvalue weighted by molar-refractivity contribution is -0.137. The fourth-order valence-electron chi connectivity index (χ4n) is 1.93. The van der Waals surface area contributed by atoms with E-state index in [0.717, 1.165) is 17.7 Å². The van der Waals surface area contributed by atoms with Gasteiger partial charge in [0.2, 0.25) is 0 Å². The molecular formula is C16H10F4N2S. The van der Waals surface area contributed by atoms with Crippen LogP contribution in [0.3, 0.4) is 0 Å². The van der Waals surface area contributed by atoms with Crippen LogP contribution in [-0.4, -0.2) is 5.55 Å². The van der Waals surface area contributed by atoms with Crippen molar-refractivity contribution in [3.63, 3.8) is 0 Å². The average Bonchev–Trinajstić information content (AvgIpc) is 2.96. The standard InChI is InChI=1S/C16H10F4N2S/c17-13-5-1-11(2-6-13)15-9-23(10-21-15)22-14-7-3-12(4-8-14)16(18,19)20/h1-10H. The number of nitrogens with zero attached hydrogens (tertiary/aromatic N) is 2. The molecule has 1 aliphatic heterocycles. The van der Waals surface area contributed by atoms with Crippen molar-refractivity contribution >= 4 is 27.6 Å². The molecule has 0 radical (unpaired) electrons. The molecule has 0 amide bonds. The first kappa shape index (κ1) is 15.6. The van der Waals surface area contributed by atoms with E-state index < -0.39 is 22.4 Å². The summed E-state index contributed by atoms with van der Waals surface area (Å²) in [7, 11) is -0.646. The molecule has 0 aliphatic carbocycles. The van der Waals surface area contributed by atoms with Gasteiger partial charge in [0.25, 0.3) is 0 Å². The van der Waals surface area contributed by atoms with Crippen LogP contribution in [0.1, 0.15) is 11.1 Å². The van der Waals surface area contributed by atoms with Gasteiger partial charge >= 0.3 is 6.18 Å². The van der Waals surface area contributed by atoms with Crippen LogP contribution in [-0.2, 0) is 16.9 Å². The molecule has 1 unspecified atom stereocenters. The van der Waals surface area contributed by atoms with E-state index in [0.29, 0.717) is 11.4 Å². The average molecular weight is 338 g/mol. The second-order valence-corrected chi connectivity index (χ2v) is 6.05. The summed E-state index contributed by atoms with van der Waals surface area (Å²) in [4.78, 5) is 4.22. The molecule has 0 spiro atoms. The third-order valence-corrected chi connectivity index (χ3v) is 4.29. The highest BCUT2D eigenvalue weighted by Crippen LogP contribution is 2.31. The van der Waals surface area contributed by atoms with E-state index in [9.17, 15) is 17.6 Å². The Kier molecular flexibility index (Phi) is 4.12. The largest absolute Gasteiger partial charge is 0.416 e. The summed E-state index contributed by atoms with van der Waals surface area (Å²) in [6, 6.07) is 10.6. The minimum atomic E-state index is -4.36. The van der Waals surface area contributed by atoms with Crippen molar-refractivity contribution in [3.05, 3.63) is 70.9 Å². The lowest BCUT2D eigenvalue weighted by Crippen LogP contribution is -2.03. The maximum Gasteiger partial charge on any atom is 0.416 e. The van der Waals surface area contributed by atoms with Crippen molar-refractivity contribution in [2.75, 3.05) is 0 Å². The maximum absolute atomic E-state index is 12.9. The zero-order chi connectivity index (χ0) is 16.4. The van der Waals surface area contributed by atoms with E-state index in [-0.39, 0.29) is 5.82 Å². The van der Waals surface area contributed by atoms with Crippen LogP contribution in [0.25, 0.3) is 5.70 Å². The van der Waals surface area contributed by atoms with Crippen molar-refractivity contribution in [1.82, 2.24) is 0 Å². The van der Waals surface area contributed by atoms with Crippen LogP contribution in [0, 0.1) is 5.82 Å². The quantitative estimate of drug-likeness (QED) is 0.662. The lowest BCUT2D eigenvalue weighted by atomic mass is 10.2. The third-order valence-electron chi connectivity index (χ3n) is 3.08. The first-order chi connectivity index (χ1) is 10.9. The molecule has 0 N–H and O–H groups in total. The van der Waals surface area contributed by atoms with Gasteiger partial charge < -0.3 is 0 Å². The molecular weight excluding hydrogens is 328 g/mol. The summed E-state index contributed by atoms with van der Waals surface area (Å²) in [6.45, 7) is 0. The Morgan fingerprint density at radius 1 is 0.913 bits per heavy atom. The zero-order valence-electron chi connectivity index (χ0n) is 11.6. The molecule has 1 atom stereocenters. The van der Waals surface area contributed by atoms with Crippen molar-refractivity contribution < 1.29 is 17.6 Å². The van der Waals surface area contributed by atoms with Crippen molar-refractivity contribution in [2.24, 2.45) is 9.36 Å². The Labute approximate surface area is 132 Å². The van der Waals surface area contributed by atoms with Gasteiger partial charge in [-0.15, -0.1) is 0 Å². The number of aliphatic imine (C=N–C) groups is 1. The topological polar surface area (TPSA) is 24.7 Å². The van der Waals surface area contributed by atoms with Gasteiger partial charge in [0, 0.05) is 11.0 Å². The van der Waals surface area contributed by atoms with E-state index in [2.05, 4.69) is 9.36 Å². The summed E-state index contributed by atoms with van der Waals surface area (Å²) in [5.41, 5.74) is 2.80. The number of rotatable bonds is 2. The number of benzene rings is 2. The Bertz CT molecular complexity index is 803. The summed E-state index contributed by atoms with van der Waals surface area (Å²) in [6.07, 6.45) is -4.36. The Morgan fingerprint density at radius 2 is 1.57 bits per heavy atom. The summed E-state index contributed by atoms with van der Waals surface area (Å²) < 4.78 is 54.8. The fraction of sp³-hybridized carbons (Fsp3) is 0.0625. The highest BCUT2D eigenvalue weighted by molar-refractivity contribution is 8.03. The predicted octanol–water partition coefficient (Wildman–Crippen LogP) is 5.32.